The van der Waals surface area contributed by atoms with Gasteiger partial charge in [0.05, 0.1) is 13.7 Å². The second-order valence-corrected chi connectivity index (χ2v) is 9.05. The maximum absolute atomic E-state index is 5.76. The van der Waals surface area contributed by atoms with Crippen molar-refractivity contribution in [2.75, 3.05) is 53.0 Å². The Kier molecular flexibility index (Phi) is 9.02. The van der Waals surface area contributed by atoms with E-state index in [4.69, 9.17) is 14.5 Å². The quantitative estimate of drug-likeness (QED) is 0.488. The van der Waals surface area contributed by atoms with E-state index in [2.05, 4.69) is 54.5 Å². The zero-order valence-corrected chi connectivity index (χ0v) is 20.0. The van der Waals surface area contributed by atoms with E-state index in [-0.39, 0.29) is 5.41 Å². The third kappa shape index (κ3) is 6.36. The molecule has 2 fully saturated rings. The van der Waals surface area contributed by atoms with Crippen LogP contribution in [0.5, 0.6) is 5.75 Å². The Balaban J connectivity index is 1.76. The lowest BCUT2D eigenvalue weighted by Crippen LogP contribution is -2.49. The zero-order chi connectivity index (χ0) is 22.1. The third-order valence-electron chi connectivity index (χ3n) is 6.73. The summed E-state index contributed by atoms with van der Waals surface area (Å²) in [5.41, 5.74) is 2.47. The Bertz CT molecular complexity index is 707. The van der Waals surface area contributed by atoms with E-state index in [1.165, 1.54) is 50.0 Å². The lowest BCUT2D eigenvalue weighted by molar-refractivity contribution is 0.0522. The van der Waals surface area contributed by atoms with Gasteiger partial charge in [-0.25, -0.2) is 0 Å². The van der Waals surface area contributed by atoms with E-state index in [0.29, 0.717) is 6.04 Å². The first kappa shape index (κ1) is 23.9. The van der Waals surface area contributed by atoms with Gasteiger partial charge < -0.3 is 25.0 Å². The summed E-state index contributed by atoms with van der Waals surface area (Å²) < 4.78 is 11.5. The number of ether oxygens (including phenoxy) is 2. The molecule has 0 aliphatic carbocycles. The SMILES string of the molecule is CCCN1CCC(NC(=NCC2(c3cc(C)ccc3OC)CCOCC2)NCC)CC1. The lowest BCUT2D eigenvalue weighted by Gasteiger charge is -2.38. The number of likely N-dealkylation sites (tertiary alicyclic amines) is 1. The number of piperidine rings is 1. The fraction of sp³-hybridized carbons (Fsp3) is 0.720. The highest BCUT2D eigenvalue weighted by Gasteiger charge is 2.37. The van der Waals surface area contributed by atoms with Crippen LogP contribution in [0.3, 0.4) is 0 Å². The summed E-state index contributed by atoms with van der Waals surface area (Å²) in [6.07, 6.45) is 5.51. The van der Waals surface area contributed by atoms with Gasteiger partial charge in [0.2, 0.25) is 0 Å². The maximum Gasteiger partial charge on any atom is 0.191 e. The molecule has 0 bridgehead atoms. The van der Waals surface area contributed by atoms with Crippen LogP contribution in [-0.4, -0.2) is 69.9 Å². The van der Waals surface area contributed by atoms with Crippen molar-refractivity contribution in [2.24, 2.45) is 4.99 Å². The average molecular weight is 431 g/mol. The number of aryl methyl sites for hydroxylation is 1. The molecule has 2 saturated heterocycles. The molecule has 0 unspecified atom stereocenters. The fourth-order valence-electron chi connectivity index (χ4n) is 4.87. The number of benzene rings is 1. The number of aliphatic imine (C=N–C) groups is 1. The summed E-state index contributed by atoms with van der Waals surface area (Å²) in [5, 5.41) is 7.19. The number of hydrogen-bond donors (Lipinski definition) is 2. The number of nitrogens with one attached hydrogen (secondary N) is 2. The fourth-order valence-corrected chi connectivity index (χ4v) is 4.87. The van der Waals surface area contributed by atoms with E-state index >= 15 is 0 Å². The van der Waals surface area contributed by atoms with Crippen molar-refractivity contribution in [3.05, 3.63) is 29.3 Å². The Morgan fingerprint density at radius 3 is 2.61 bits per heavy atom. The number of rotatable bonds is 8. The summed E-state index contributed by atoms with van der Waals surface area (Å²) in [7, 11) is 1.76. The summed E-state index contributed by atoms with van der Waals surface area (Å²) in [6.45, 7) is 13.2. The Morgan fingerprint density at radius 1 is 1.23 bits per heavy atom. The highest BCUT2D eigenvalue weighted by molar-refractivity contribution is 5.80. The van der Waals surface area contributed by atoms with Crippen molar-refractivity contribution in [3.8, 4) is 5.75 Å². The van der Waals surface area contributed by atoms with Gasteiger partial charge in [-0.15, -0.1) is 0 Å². The minimum Gasteiger partial charge on any atom is -0.496 e. The van der Waals surface area contributed by atoms with Crippen LogP contribution in [0.4, 0.5) is 0 Å². The molecule has 3 rings (SSSR count). The molecule has 6 nitrogen and oxygen atoms in total. The number of hydrogen-bond acceptors (Lipinski definition) is 4. The first-order chi connectivity index (χ1) is 15.1. The summed E-state index contributed by atoms with van der Waals surface area (Å²) in [4.78, 5) is 7.68. The van der Waals surface area contributed by atoms with Crippen LogP contribution >= 0.6 is 0 Å². The van der Waals surface area contributed by atoms with Gasteiger partial charge in [-0.1, -0.05) is 24.6 Å². The molecule has 174 valence electrons. The van der Waals surface area contributed by atoms with E-state index in [1.807, 2.05) is 0 Å². The van der Waals surface area contributed by atoms with Crippen LogP contribution in [0.15, 0.2) is 23.2 Å². The van der Waals surface area contributed by atoms with Gasteiger partial charge in [0.25, 0.3) is 0 Å². The van der Waals surface area contributed by atoms with Crippen molar-refractivity contribution >= 4 is 5.96 Å². The molecular weight excluding hydrogens is 388 g/mol. The Labute approximate surface area is 188 Å². The molecule has 0 radical (unpaired) electrons. The molecule has 1 aromatic rings. The minimum atomic E-state index is -0.0531. The average Bonchev–Trinajstić information content (AvgIpc) is 2.80. The highest BCUT2D eigenvalue weighted by Crippen LogP contribution is 2.40. The summed E-state index contributed by atoms with van der Waals surface area (Å²) in [6, 6.07) is 6.99. The summed E-state index contributed by atoms with van der Waals surface area (Å²) in [5.74, 6) is 1.90. The standard InChI is InChI=1S/C25H42N4O2/c1-5-13-29-14-9-21(10-15-29)28-24(26-6-2)27-19-25(11-16-31-17-12-25)22-18-20(3)7-8-23(22)30-4/h7-8,18,21H,5-6,9-17,19H2,1-4H3,(H2,26,27,28). The first-order valence-electron chi connectivity index (χ1n) is 12.1. The molecule has 2 heterocycles. The number of nitrogens with zero attached hydrogens (tertiary/aromatic N) is 2. The van der Waals surface area contributed by atoms with Gasteiger partial charge in [-0.05, 0) is 58.6 Å². The van der Waals surface area contributed by atoms with Gasteiger partial charge in [-0.2, -0.15) is 0 Å². The molecular formula is C25H42N4O2. The van der Waals surface area contributed by atoms with Gasteiger partial charge in [0.1, 0.15) is 5.75 Å². The van der Waals surface area contributed by atoms with E-state index in [1.54, 1.807) is 7.11 Å². The van der Waals surface area contributed by atoms with Crippen LogP contribution in [-0.2, 0) is 10.2 Å². The second-order valence-electron chi connectivity index (χ2n) is 9.05. The monoisotopic (exact) mass is 430 g/mol. The predicted molar refractivity (Wildman–Crippen MR) is 128 cm³/mol. The molecule has 0 aromatic heterocycles. The molecule has 0 saturated carbocycles. The Hall–Kier alpha value is -1.79. The second kappa shape index (κ2) is 11.7. The van der Waals surface area contributed by atoms with Gasteiger partial charge in [0, 0.05) is 49.9 Å². The predicted octanol–water partition coefficient (Wildman–Crippen LogP) is 3.48. The smallest absolute Gasteiger partial charge is 0.191 e. The van der Waals surface area contributed by atoms with Gasteiger partial charge >= 0.3 is 0 Å². The molecule has 0 amide bonds. The van der Waals surface area contributed by atoms with E-state index in [0.717, 1.165) is 50.9 Å². The molecule has 2 N–H and O–H groups in total. The molecule has 6 heteroatoms. The molecule has 31 heavy (non-hydrogen) atoms. The van der Waals surface area contributed by atoms with Crippen molar-refractivity contribution < 1.29 is 9.47 Å². The Morgan fingerprint density at radius 2 is 1.97 bits per heavy atom. The van der Waals surface area contributed by atoms with Crippen LogP contribution in [0.25, 0.3) is 0 Å². The van der Waals surface area contributed by atoms with Crippen molar-refractivity contribution in [2.45, 2.75) is 64.3 Å². The van der Waals surface area contributed by atoms with Crippen LogP contribution in [0.1, 0.15) is 57.1 Å². The number of methoxy groups -OCH3 is 1. The summed E-state index contributed by atoms with van der Waals surface area (Å²) >= 11 is 0. The molecule has 2 aliphatic heterocycles. The van der Waals surface area contributed by atoms with Crippen LogP contribution in [0, 0.1) is 6.92 Å². The van der Waals surface area contributed by atoms with Crippen molar-refractivity contribution in [3.63, 3.8) is 0 Å². The lowest BCUT2D eigenvalue weighted by atomic mass is 9.73. The normalized spacial score (nSPS) is 20.5. The highest BCUT2D eigenvalue weighted by atomic mass is 16.5. The van der Waals surface area contributed by atoms with Gasteiger partial charge in [0.15, 0.2) is 5.96 Å². The van der Waals surface area contributed by atoms with E-state index < -0.39 is 0 Å². The maximum atomic E-state index is 5.76. The molecule has 0 spiro atoms. The zero-order valence-electron chi connectivity index (χ0n) is 20.0. The topological polar surface area (TPSA) is 58.1 Å². The van der Waals surface area contributed by atoms with E-state index in [9.17, 15) is 0 Å². The largest absolute Gasteiger partial charge is 0.496 e. The number of guanidine groups is 1. The van der Waals surface area contributed by atoms with Crippen molar-refractivity contribution in [1.29, 1.82) is 0 Å². The first-order valence-corrected chi connectivity index (χ1v) is 12.1. The van der Waals surface area contributed by atoms with Crippen LogP contribution < -0.4 is 15.4 Å². The van der Waals surface area contributed by atoms with Crippen molar-refractivity contribution in [1.82, 2.24) is 15.5 Å². The van der Waals surface area contributed by atoms with Gasteiger partial charge in [-0.3, -0.25) is 4.99 Å². The van der Waals surface area contributed by atoms with Crippen LogP contribution in [0.2, 0.25) is 0 Å². The third-order valence-corrected chi connectivity index (χ3v) is 6.73. The molecule has 2 aliphatic rings. The molecule has 1 aromatic carbocycles. The molecule has 0 atom stereocenters. The minimum absolute atomic E-state index is 0.0531.